The quantitative estimate of drug-likeness (QED) is 0.0146. The van der Waals surface area contributed by atoms with Gasteiger partial charge < -0.3 is 34.2 Å². The molecular weight excluding hydrogens is 1340 g/mol. The van der Waals surface area contributed by atoms with E-state index in [1.807, 2.05) is 0 Å². The zero-order chi connectivity index (χ0) is 75.2. The number of esters is 3. The predicted octanol–water partition coefficient (Wildman–Crippen LogP) is 23.7. The molecule has 0 rings (SSSR count). The Morgan fingerprint density at radius 3 is 0.816 bits per heavy atom. The third-order valence-electron chi connectivity index (χ3n) is 16.5. The first-order valence-electron chi connectivity index (χ1n) is 40.1. The molecule has 4 N–H and O–H groups in total. The number of phosphoric ester groups is 2. The van der Waals surface area contributed by atoms with Crippen molar-refractivity contribution in [1.29, 1.82) is 0 Å². The van der Waals surface area contributed by atoms with Gasteiger partial charge in [-0.3, -0.25) is 32.5 Å². The van der Waals surface area contributed by atoms with Crippen LogP contribution in [0.3, 0.4) is 0 Å². The molecule has 0 aromatic rings. The second-order valence-corrected chi connectivity index (χ2v) is 29.4. The molecule has 103 heavy (non-hydrogen) atoms. The summed E-state index contributed by atoms with van der Waals surface area (Å²) in [7, 11) is -9.80. The molecular formula is C85H144O16P2. The van der Waals surface area contributed by atoms with E-state index in [9.17, 15) is 43.5 Å². The van der Waals surface area contributed by atoms with Crippen LogP contribution in [0, 0.1) is 0 Å². The highest BCUT2D eigenvalue weighted by Gasteiger charge is 2.29. The first-order chi connectivity index (χ1) is 50.2. The molecule has 0 spiro atoms. The van der Waals surface area contributed by atoms with Crippen LogP contribution in [0.15, 0.2) is 146 Å². The zero-order valence-electron chi connectivity index (χ0n) is 64.4. The Morgan fingerprint density at radius 1 is 0.282 bits per heavy atom. The number of unbranched alkanes of at least 4 members (excludes halogenated alkanes) is 28. The molecule has 0 amide bonds. The normalized spacial score (nSPS) is 14.7. The van der Waals surface area contributed by atoms with Gasteiger partial charge in [-0.15, -0.1) is 0 Å². The van der Waals surface area contributed by atoms with Crippen molar-refractivity contribution in [2.75, 3.05) is 39.6 Å². The average Bonchev–Trinajstić information content (AvgIpc) is 0.914. The van der Waals surface area contributed by atoms with Crippen LogP contribution >= 0.6 is 15.6 Å². The van der Waals surface area contributed by atoms with Gasteiger partial charge in [-0.1, -0.05) is 308 Å². The summed E-state index contributed by atoms with van der Waals surface area (Å²) in [5.41, 5.74) is 0. The molecule has 0 saturated heterocycles. The maximum Gasteiger partial charge on any atom is 0.472 e. The van der Waals surface area contributed by atoms with Gasteiger partial charge in [0.25, 0.3) is 0 Å². The third kappa shape index (κ3) is 78.3. The van der Waals surface area contributed by atoms with Gasteiger partial charge in [0.05, 0.1) is 26.4 Å². The van der Waals surface area contributed by atoms with Crippen LogP contribution in [0.5, 0.6) is 0 Å². The highest BCUT2D eigenvalue weighted by Crippen LogP contribution is 2.45. The summed E-state index contributed by atoms with van der Waals surface area (Å²) >= 11 is 0. The lowest BCUT2D eigenvalue weighted by Crippen LogP contribution is -2.30. The van der Waals surface area contributed by atoms with Crippen LogP contribution < -0.4 is 0 Å². The minimum absolute atomic E-state index is 0.0826. The van der Waals surface area contributed by atoms with Gasteiger partial charge in [0.1, 0.15) is 25.4 Å². The lowest BCUT2D eigenvalue weighted by atomic mass is 10.0. The van der Waals surface area contributed by atoms with Gasteiger partial charge in [-0.2, -0.15) is 0 Å². The van der Waals surface area contributed by atoms with E-state index in [1.165, 1.54) is 77.0 Å². The van der Waals surface area contributed by atoms with Gasteiger partial charge in [-0.25, -0.2) is 9.13 Å². The fourth-order valence-corrected chi connectivity index (χ4v) is 12.1. The molecule has 0 aliphatic heterocycles. The fourth-order valence-electron chi connectivity index (χ4n) is 10.5. The van der Waals surface area contributed by atoms with Crippen molar-refractivity contribution in [2.45, 2.75) is 334 Å². The van der Waals surface area contributed by atoms with Crippen LogP contribution in [-0.2, 0) is 55.8 Å². The van der Waals surface area contributed by atoms with Crippen LogP contribution in [0.25, 0.3) is 0 Å². The summed E-state index contributed by atoms with van der Waals surface area (Å²) in [4.78, 5) is 58.6. The third-order valence-corrected chi connectivity index (χ3v) is 18.4. The molecule has 590 valence electrons. The molecule has 0 aliphatic rings. The van der Waals surface area contributed by atoms with Gasteiger partial charge in [-0.05, 0) is 135 Å². The number of aliphatic hydroxyl groups excluding tert-OH is 2. The number of hydrogen-bond donors (Lipinski definition) is 4. The summed E-state index contributed by atoms with van der Waals surface area (Å²) in [5, 5.41) is 20.6. The maximum absolute atomic E-state index is 12.9. The molecule has 5 unspecified atom stereocenters. The van der Waals surface area contributed by atoms with Crippen molar-refractivity contribution in [2.24, 2.45) is 0 Å². The highest BCUT2D eigenvalue weighted by molar-refractivity contribution is 7.47. The van der Waals surface area contributed by atoms with Crippen molar-refractivity contribution in [1.82, 2.24) is 0 Å². The number of hydrogen-bond acceptors (Lipinski definition) is 14. The molecule has 0 radical (unpaired) electrons. The standard InChI is InChI=1S/C85H144O16P2/c1-4-7-10-13-16-19-22-25-27-29-31-33-35-36-37-38-39-40-41-42-44-46-47-49-51-54-56-59-62-65-68-71-83(88)95-74-80(86)75-97-102(91,92)98-76-81(87)77-99-103(93,94)100-79-82(101-85(90)73-70-67-64-61-58-53-24-21-18-15-12-9-6-3)78-96-84(89)72-69-66-63-60-57-55-52-50-48-45-43-34-32-30-28-26-23-20-17-14-11-8-5-2/h7-8,10-12,15-17,19-21,24-28,31-34,36-37,45,48,80-82,86-87H,4-6,9,13-14,18,22-23,29-30,35,38-44,46-47,49-79H2,1-3H3,(H,91,92)(H,93,94)/b10-7-,11-8-,15-12-,19-16-,20-17-,24-21-,27-25-,28-26-,33-31-,34-32-,37-36-,48-45-. The van der Waals surface area contributed by atoms with E-state index < -0.39 is 91.5 Å². The molecule has 0 aliphatic carbocycles. The number of phosphoric acid groups is 2. The molecule has 0 aromatic carbocycles. The lowest BCUT2D eigenvalue weighted by Gasteiger charge is -2.21. The Hall–Kier alpha value is -4.57. The Bertz CT molecular complexity index is 2450. The summed E-state index contributed by atoms with van der Waals surface area (Å²) in [6, 6.07) is 0. The number of carbonyl (C=O) groups is 3. The van der Waals surface area contributed by atoms with E-state index in [2.05, 4.69) is 167 Å². The first-order valence-corrected chi connectivity index (χ1v) is 43.1. The van der Waals surface area contributed by atoms with Gasteiger partial charge in [0.2, 0.25) is 0 Å². The van der Waals surface area contributed by atoms with Crippen LogP contribution in [0.1, 0.15) is 316 Å². The number of ether oxygens (including phenoxy) is 3. The minimum Gasteiger partial charge on any atom is -0.463 e. The number of carbonyl (C=O) groups excluding carboxylic acids is 3. The summed E-state index contributed by atoms with van der Waals surface area (Å²) < 4.78 is 61.1. The number of allylic oxidation sites excluding steroid dienone is 24. The van der Waals surface area contributed by atoms with E-state index in [4.69, 9.17) is 32.3 Å². The largest absolute Gasteiger partial charge is 0.472 e. The molecule has 18 heteroatoms. The molecule has 0 saturated carbocycles. The Morgan fingerprint density at radius 2 is 0.515 bits per heavy atom. The SMILES string of the molecule is CC/C=C\C/C=C\C/C=C\C/C=C\C/C=C\CCCCCCCCCCCCCCCCCC(=O)OCC(O)COP(=O)(O)OCC(O)COP(=O)(O)OCC(COC(=O)CCCCCCCCC/C=C\C/C=C\C/C=C\C/C=C\C/C=C\CC)OC(=O)CCCCCCC/C=C\C/C=C\CCC. The molecule has 0 heterocycles. The van der Waals surface area contributed by atoms with Crippen molar-refractivity contribution in [3.63, 3.8) is 0 Å². The van der Waals surface area contributed by atoms with E-state index >= 15 is 0 Å². The molecule has 0 fully saturated rings. The first kappa shape index (κ1) is 98.4. The van der Waals surface area contributed by atoms with E-state index in [1.54, 1.807) is 0 Å². The molecule has 16 nitrogen and oxygen atoms in total. The van der Waals surface area contributed by atoms with Crippen molar-refractivity contribution < 1.29 is 75.8 Å². The van der Waals surface area contributed by atoms with Gasteiger partial charge in [0.15, 0.2) is 6.10 Å². The second kappa shape index (κ2) is 77.1. The van der Waals surface area contributed by atoms with E-state index in [0.717, 1.165) is 180 Å². The van der Waals surface area contributed by atoms with Crippen molar-refractivity contribution >= 4 is 33.6 Å². The van der Waals surface area contributed by atoms with Crippen LogP contribution in [-0.4, -0.2) is 95.9 Å². The summed E-state index contributed by atoms with van der Waals surface area (Å²) in [5.74, 6) is -1.60. The molecule has 0 bridgehead atoms. The fraction of sp³-hybridized carbons (Fsp3) is 0.682. The maximum atomic E-state index is 12.9. The number of aliphatic hydroxyl groups is 2. The zero-order valence-corrected chi connectivity index (χ0v) is 66.2. The van der Waals surface area contributed by atoms with Crippen LogP contribution in [0.4, 0.5) is 0 Å². The van der Waals surface area contributed by atoms with E-state index in [-0.39, 0.29) is 19.3 Å². The summed E-state index contributed by atoms with van der Waals surface area (Å²) in [6.07, 6.45) is 94.8. The Kier molecular flexibility index (Phi) is 73.6. The predicted molar refractivity (Wildman–Crippen MR) is 426 cm³/mol. The van der Waals surface area contributed by atoms with Gasteiger partial charge >= 0.3 is 33.6 Å². The summed E-state index contributed by atoms with van der Waals surface area (Å²) in [6.45, 7) is 2.36. The Labute approximate surface area is 626 Å². The smallest absolute Gasteiger partial charge is 0.463 e. The second-order valence-electron chi connectivity index (χ2n) is 26.5. The number of rotatable bonds is 75. The van der Waals surface area contributed by atoms with Crippen molar-refractivity contribution in [3.05, 3.63) is 146 Å². The average molecular weight is 1480 g/mol. The Balaban J connectivity index is 4.47. The molecule has 5 atom stereocenters. The highest BCUT2D eigenvalue weighted by atomic mass is 31.2. The van der Waals surface area contributed by atoms with Crippen LogP contribution in [0.2, 0.25) is 0 Å². The lowest BCUT2D eigenvalue weighted by molar-refractivity contribution is -0.161. The minimum atomic E-state index is -4.94. The molecule has 0 aromatic heterocycles. The van der Waals surface area contributed by atoms with E-state index in [0.29, 0.717) is 19.3 Å². The van der Waals surface area contributed by atoms with Crippen molar-refractivity contribution in [3.8, 4) is 0 Å². The topological polar surface area (TPSA) is 231 Å². The van der Waals surface area contributed by atoms with Gasteiger partial charge in [0, 0.05) is 19.3 Å². The monoisotopic (exact) mass is 1480 g/mol.